The Bertz CT molecular complexity index is 1110. The molecule has 10 nitrogen and oxygen atoms in total. The normalized spacial score (nSPS) is 13.9. The van der Waals surface area contributed by atoms with E-state index in [-0.39, 0.29) is 31.7 Å². The van der Waals surface area contributed by atoms with E-state index in [0.717, 1.165) is 67.0 Å². The summed E-state index contributed by atoms with van der Waals surface area (Å²) in [4.78, 5) is 32.2. The number of hydrogen-bond donors (Lipinski definition) is 4. The number of amides is 2. The Morgan fingerprint density at radius 2 is 1.58 bits per heavy atom. The summed E-state index contributed by atoms with van der Waals surface area (Å²) in [5, 5.41) is 3.72. The van der Waals surface area contributed by atoms with Crippen LogP contribution in [0.2, 0.25) is 0 Å². The molecule has 10 heteroatoms. The number of aldehydes is 1. The van der Waals surface area contributed by atoms with Gasteiger partial charge in [0, 0.05) is 38.5 Å². The summed E-state index contributed by atoms with van der Waals surface area (Å²) in [6, 6.07) is 7.34. The molecule has 1 aromatic carbocycles. The van der Waals surface area contributed by atoms with Crippen molar-refractivity contribution in [2.45, 2.75) is 153 Å². The number of hydrazine groups is 1. The molecule has 322 valence electrons. The van der Waals surface area contributed by atoms with Crippen LogP contribution in [0.25, 0.3) is 0 Å². The van der Waals surface area contributed by atoms with E-state index in [2.05, 4.69) is 110 Å². The van der Waals surface area contributed by atoms with Crippen LogP contribution in [-0.4, -0.2) is 62.5 Å². The highest BCUT2D eigenvalue weighted by Crippen LogP contribution is 2.38. The number of nitrogens with two attached hydrogens (primary N) is 3. The number of hydrogen-bond acceptors (Lipinski definition) is 8. The van der Waals surface area contributed by atoms with Gasteiger partial charge >= 0.3 is 0 Å². The molecular weight excluding hydrogens is 689 g/mol. The predicted molar refractivity (Wildman–Crippen MR) is 243 cm³/mol. The molecule has 2 amide bonds. The van der Waals surface area contributed by atoms with Gasteiger partial charge in [-0.1, -0.05) is 119 Å². The van der Waals surface area contributed by atoms with Crippen molar-refractivity contribution >= 4 is 24.3 Å². The zero-order chi connectivity index (χ0) is 43.1. The molecule has 2 rings (SSSR count). The number of allylic oxidation sites excluding steroid dienone is 3. The van der Waals surface area contributed by atoms with Gasteiger partial charge in [-0.15, -0.1) is 19.7 Å². The number of benzene rings is 1. The molecule has 0 saturated heterocycles. The van der Waals surface area contributed by atoms with Gasteiger partial charge in [0.15, 0.2) is 0 Å². The van der Waals surface area contributed by atoms with Crippen LogP contribution >= 0.6 is 0 Å². The quantitative estimate of drug-likeness (QED) is 0.0425. The molecule has 1 heterocycles. The SMILES string of the molecule is C.C=C.C=CCCC=O.CC.CC/C=C\C1=C(CC)N(C)c2ccccc2C(N)C1N(N)CC(N)=O.CCC(C)(C)OCCC(C)C.CCCC.CNC=O. The fraction of sp³-hybridized carbons (Fsp3) is 0.622. The van der Waals surface area contributed by atoms with Crippen molar-refractivity contribution in [2.24, 2.45) is 23.2 Å². The fourth-order valence-electron chi connectivity index (χ4n) is 4.35. The lowest BCUT2D eigenvalue weighted by Gasteiger charge is -2.32. The average molecular weight is 777 g/mol. The number of nitrogens with zero attached hydrogens (tertiary/aromatic N) is 2. The standard InChI is InChI=1S/C19H29N5O.C10H22O.C5H8O.C4H10.C2H5NO.C2H6.C2H4.CH4/c1-4-6-9-14-15(5-2)23(3)16-11-8-7-10-13(16)18(21)19(14)24(22)12-17(20)25;1-6-10(4,5)11-8-7-9(2)3;1-2-3-4-5-6;1-3-4-2;1-3-2-4;2*1-2;/h6-11,18-19H,4-5,12,21-22H2,1-3H3,(H2,20,25);9H,6-8H2,1-5H3;2,5H,1,3-4H2;3-4H2,1-2H3;2H,1H3,(H,3,4);1-2H3;1-2H2;1H4/b9-6-;;;;;;;. The highest BCUT2D eigenvalue weighted by molar-refractivity contribution is 5.76. The van der Waals surface area contributed by atoms with Gasteiger partial charge in [0.05, 0.1) is 24.2 Å². The topological polar surface area (TPSA) is 157 Å². The monoisotopic (exact) mass is 777 g/mol. The van der Waals surface area contributed by atoms with Crippen LogP contribution < -0.4 is 27.5 Å². The first-order valence-electron chi connectivity index (χ1n) is 19.7. The first-order chi connectivity index (χ1) is 25.6. The minimum Gasteiger partial charge on any atom is -0.376 e. The largest absolute Gasteiger partial charge is 0.376 e. The molecular formula is C45H88N6O4. The number of unbranched alkanes of at least 4 members (excludes halogenated alkanes) is 2. The van der Waals surface area contributed by atoms with E-state index >= 15 is 0 Å². The summed E-state index contributed by atoms with van der Waals surface area (Å²) >= 11 is 0. The Morgan fingerprint density at radius 3 is 1.95 bits per heavy atom. The smallest absolute Gasteiger partial charge is 0.233 e. The number of ether oxygens (including phenoxy) is 1. The Balaban J connectivity index is -0.000000166. The molecule has 1 aliphatic heterocycles. The second-order valence-corrected chi connectivity index (χ2v) is 12.9. The highest BCUT2D eigenvalue weighted by Gasteiger charge is 2.35. The zero-order valence-corrected chi connectivity index (χ0v) is 36.9. The van der Waals surface area contributed by atoms with Gasteiger partial charge in [-0.3, -0.25) is 15.4 Å². The zero-order valence-electron chi connectivity index (χ0n) is 36.9. The molecule has 0 fully saturated rings. The summed E-state index contributed by atoms with van der Waals surface area (Å²) in [6.07, 6.45) is 15.5. The molecule has 55 heavy (non-hydrogen) atoms. The summed E-state index contributed by atoms with van der Waals surface area (Å²) < 4.78 is 5.69. The van der Waals surface area contributed by atoms with Crippen LogP contribution in [0.3, 0.4) is 0 Å². The minimum atomic E-state index is -0.475. The van der Waals surface area contributed by atoms with Crippen LogP contribution in [0.4, 0.5) is 5.69 Å². The van der Waals surface area contributed by atoms with Gasteiger partial charge in [-0.2, -0.15) is 0 Å². The lowest BCUT2D eigenvalue weighted by Crippen LogP contribution is -2.51. The molecule has 2 atom stereocenters. The van der Waals surface area contributed by atoms with E-state index in [1.807, 2.05) is 39.1 Å². The number of carbonyl (C=O) groups excluding carboxylic acids is 3. The van der Waals surface area contributed by atoms with Crippen molar-refractivity contribution < 1.29 is 19.1 Å². The molecule has 0 aromatic heterocycles. The third kappa shape index (κ3) is 32.4. The third-order valence-electron chi connectivity index (χ3n) is 7.76. The van der Waals surface area contributed by atoms with E-state index in [1.54, 1.807) is 13.1 Å². The van der Waals surface area contributed by atoms with Crippen LogP contribution in [0.5, 0.6) is 0 Å². The van der Waals surface area contributed by atoms with Crippen molar-refractivity contribution in [1.29, 1.82) is 0 Å². The van der Waals surface area contributed by atoms with Gasteiger partial charge in [0.1, 0.15) is 6.29 Å². The van der Waals surface area contributed by atoms with Crippen molar-refractivity contribution in [1.82, 2.24) is 10.3 Å². The summed E-state index contributed by atoms with van der Waals surface area (Å²) in [6.45, 7) is 33.7. The first-order valence-corrected chi connectivity index (χ1v) is 19.7. The minimum absolute atomic E-state index is 0. The van der Waals surface area contributed by atoms with Crippen molar-refractivity contribution in [3.63, 3.8) is 0 Å². The van der Waals surface area contributed by atoms with Crippen molar-refractivity contribution in [3.8, 4) is 0 Å². The molecule has 0 bridgehead atoms. The number of para-hydroxylation sites is 1. The van der Waals surface area contributed by atoms with Crippen LogP contribution in [-0.2, 0) is 19.1 Å². The molecule has 1 aromatic rings. The van der Waals surface area contributed by atoms with Gasteiger partial charge in [0.2, 0.25) is 12.3 Å². The van der Waals surface area contributed by atoms with E-state index in [4.69, 9.17) is 26.8 Å². The number of nitrogens with one attached hydrogen (secondary N) is 1. The van der Waals surface area contributed by atoms with Gasteiger partial charge in [-0.25, -0.2) is 5.01 Å². The number of primary amides is 1. The number of anilines is 1. The van der Waals surface area contributed by atoms with Crippen molar-refractivity contribution in [3.05, 3.63) is 79.1 Å². The molecule has 0 aliphatic carbocycles. The van der Waals surface area contributed by atoms with Crippen LogP contribution in [0.15, 0.2) is 73.5 Å². The molecule has 0 radical (unpaired) electrons. The van der Waals surface area contributed by atoms with E-state index in [1.165, 1.54) is 24.3 Å². The van der Waals surface area contributed by atoms with Crippen LogP contribution in [0.1, 0.15) is 147 Å². The van der Waals surface area contributed by atoms with E-state index in [0.29, 0.717) is 12.8 Å². The lowest BCUT2D eigenvalue weighted by atomic mass is 9.92. The predicted octanol–water partition coefficient (Wildman–Crippen LogP) is 9.82. The molecule has 0 spiro atoms. The van der Waals surface area contributed by atoms with E-state index in [9.17, 15) is 9.59 Å². The van der Waals surface area contributed by atoms with Gasteiger partial charge in [-0.05, 0) is 69.1 Å². The third-order valence-corrected chi connectivity index (χ3v) is 7.76. The second kappa shape index (κ2) is 43.2. The maximum absolute atomic E-state index is 11.4. The lowest BCUT2D eigenvalue weighted by molar-refractivity contribution is -0.119. The first kappa shape index (κ1) is 63.4. The summed E-state index contributed by atoms with van der Waals surface area (Å²) in [5.74, 6) is 6.53. The maximum Gasteiger partial charge on any atom is 0.233 e. The maximum atomic E-state index is 11.4. The number of carbonyl (C=O) groups is 3. The van der Waals surface area contributed by atoms with Crippen molar-refractivity contribution in [2.75, 3.05) is 32.1 Å². The molecule has 7 N–H and O–H groups in total. The van der Waals surface area contributed by atoms with Gasteiger partial charge in [0.25, 0.3) is 0 Å². The van der Waals surface area contributed by atoms with Gasteiger partial charge < -0.3 is 31.2 Å². The number of rotatable bonds is 16. The fourth-order valence-corrected chi connectivity index (χ4v) is 4.35. The molecule has 1 aliphatic rings. The highest BCUT2D eigenvalue weighted by atomic mass is 16.5. The average Bonchev–Trinajstić information content (AvgIpc) is 3.26. The Kier molecular flexibility index (Phi) is 49.7. The second-order valence-electron chi connectivity index (χ2n) is 12.9. The van der Waals surface area contributed by atoms with Crippen LogP contribution in [0, 0.1) is 5.92 Å². The molecule has 2 unspecified atom stereocenters. The number of fused-ring (bicyclic) bond motifs is 1. The Morgan fingerprint density at radius 1 is 1.05 bits per heavy atom. The molecule has 0 saturated carbocycles. The summed E-state index contributed by atoms with van der Waals surface area (Å²) in [5.41, 5.74) is 16.3. The summed E-state index contributed by atoms with van der Waals surface area (Å²) in [7, 11) is 3.61. The van der Waals surface area contributed by atoms with E-state index < -0.39 is 5.91 Å². The Hall–Kier alpha value is -3.57. The Labute approximate surface area is 340 Å².